The fraction of sp³-hybridized carbons (Fsp3) is 0.333. The molecule has 0 spiro atoms. The van der Waals surface area contributed by atoms with E-state index in [2.05, 4.69) is 31.1 Å². The zero-order valence-corrected chi connectivity index (χ0v) is 17.2. The molecule has 0 saturated carbocycles. The van der Waals surface area contributed by atoms with Gasteiger partial charge >= 0.3 is 0 Å². The largest absolute Gasteiger partial charge is 0.361 e. The van der Waals surface area contributed by atoms with Crippen LogP contribution in [0.1, 0.15) is 54.7 Å². The number of nitrogens with one attached hydrogen (secondary N) is 2. The molecular weight excluding hydrogens is 362 g/mol. The van der Waals surface area contributed by atoms with E-state index in [1.807, 2.05) is 54.7 Å². The molecule has 2 amide bonds. The van der Waals surface area contributed by atoms with Crippen molar-refractivity contribution in [3.63, 3.8) is 0 Å². The van der Waals surface area contributed by atoms with Crippen LogP contribution in [-0.2, 0) is 11.3 Å². The minimum absolute atomic E-state index is 0.0582. The number of nitrogens with zero attached hydrogens (tertiary/aromatic N) is 1. The first-order valence-electron chi connectivity index (χ1n) is 10.1. The maximum absolute atomic E-state index is 13.2. The Hall–Kier alpha value is -3.08. The van der Waals surface area contributed by atoms with Crippen LogP contribution in [0.25, 0.3) is 10.9 Å². The summed E-state index contributed by atoms with van der Waals surface area (Å²) in [4.78, 5) is 31.1. The van der Waals surface area contributed by atoms with Gasteiger partial charge in [-0.3, -0.25) is 9.59 Å². The van der Waals surface area contributed by atoms with Gasteiger partial charge in [-0.15, -0.1) is 0 Å². The van der Waals surface area contributed by atoms with Crippen molar-refractivity contribution in [1.29, 1.82) is 0 Å². The SMILES string of the molecule is CC(C)(C)CCN1C(=O)c2ccccc2C1C(=O)NCc1c[nH]c2ccccc12. The van der Waals surface area contributed by atoms with Crippen LogP contribution in [0, 0.1) is 5.41 Å². The molecule has 0 bridgehead atoms. The first kappa shape index (κ1) is 19.2. The zero-order chi connectivity index (χ0) is 20.6. The molecule has 4 rings (SSSR count). The van der Waals surface area contributed by atoms with Gasteiger partial charge in [0.1, 0.15) is 6.04 Å². The van der Waals surface area contributed by atoms with Crippen molar-refractivity contribution in [2.45, 2.75) is 39.8 Å². The first-order valence-corrected chi connectivity index (χ1v) is 10.1. The molecule has 1 unspecified atom stereocenters. The van der Waals surface area contributed by atoms with Gasteiger partial charge < -0.3 is 15.2 Å². The second-order valence-corrected chi connectivity index (χ2v) is 8.88. The summed E-state index contributed by atoms with van der Waals surface area (Å²) in [5, 5.41) is 4.15. The number of aromatic amines is 1. The lowest BCUT2D eigenvalue weighted by atomic mass is 9.92. The normalized spacial score (nSPS) is 16.3. The third kappa shape index (κ3) is 3.77. The Kier molecular flexibility index (Phi) is 4.91. The molecule has 2 aromatic carbocycles. The number of carbonyl (C=O) groups excluding carboxylic acids is 2. The molecule has 5 nitrogen and oxygen atoms in total. The fourth-order valence-electron chi connectivity index (χ4n) is 3.90. The Labute approximate surface area is 171 Å². The Bertz CT molecular complexity index is 1060. The van der Waals surface area contributed by atoms with Crippen LogP contribution >= 0.6 is 0 Å². The van der Waals surface area contributed by atoms with E-state index in [4.69, 9.17) is 0 Å². The number of H-pyrrole nitrogens is 1. The molecule has 1 aromatic heterocycles. The monoisotopic (exact) mass is 389 g/mol. The number of aromatic nitrogens is 1. The molecule has 0 saturated heterocycles. The third-order valence-electron chi connectivity index (χ3n) is 5.54. The van der Waals surface area contributed by atoms with Crippen molar-refractivity contribution >= 4 is 22.7 Å². The average Bonchev–Trinajstić information content (AvgIpc) is 3.23. The molecule has 2 N–H and O–H groups in total. The molecule has 2 heterocycles. The van der Waals surface area contributed by atoms with E-state index in [-0.39, 0.29) is 17.2 Å². The number of carbonyl (C=O) groups is 2. The maximum Gasteiger partial charge on any atom is 0.255 e. The minimum atomic E-state index is -0.578. The number of rotatable bonds is 5. The van der Waals surface area contributed by atoms with Crippen LogP contribution in [0.15, 0.2) is 54.7 Å². The second-order valence-electron chi connectivity index (χ2n) is 8.88. The standard InChI is InChI=1S/C24H27N3O2/c1-24(2,3)12-13-27-21(18-9-4-5-10-19(18)23(27)29)22(28)26-15-16-14-25-20-11-7-6-8-17(16)20/h4-11,14,21,25H,12-13,15H2,1-3H3,(H,26,28). The number of hydrogen-bond acceptors (Lipinski definition) is 2. The summed E-state index contributed by atoms with van der Waals surface area (Å²) in [5.74, 6) is -0.195. The number of amides is 2. The lowest BCUT2D eigenvalue weighted by Crippen LogP contribution is -2.40. The summed E-state index contributed by atoms with van der Waals surface area (Å²) < 4.78 is 0. The third-order valence-corrected chi connectivity index (χ3v) is 5.54. The topological polar surface area (TPSA) is 65.2 Å². The van der Waals surface area contributed by atoms with Gasteiger partial charge in [-0.25, -0.2) is 0 Å². The van der Waals surface area contributed by atoms with Crippen molar-refractivity contribution in [3.8, 4) is 0 Å². The van der Waals surface area contributed by atoms with Gasteiger partial charge in [0, 0.05) is 35.8 Å². The van der Waals surface area contributed by atoms with Gasteiger partial charge in [-0.2, -0.15) is 0 Å². The van der Waals surface area contributed by atoms with E-state index in [9.17, 15) is 9.59 Å². The summed E-state index contributed by atoms with van der Waals surface area (Å²) in [6.07, 6.45) is 2.76. The van der Waals surface area contributed by atoms with E-state index < -0.39 is 6.04 Å². The molecule has 1 atom stereocenters. The quantitative estimate of drug-likeness (QED) is 0.678. The minimum Gasteiger partial charge on any atom is -0.361 e. The van der Waals surface area contributed by atoms with Crippen LogP contribution < -0.4 is 5.32 Å². The lowest BCUT2D eigenvalue weighted by molar-refractivity contribution is -0.125. The molecule has 1 aliphatic heterocycles. The van der Waals surface area contributed by atoms with Crippen LogP contribution in [0.5, 0.6) is 0 Å². The van der Waals surface area contributed by atoms with Gasteiger partial charge in [0.2, 0.25) is 5.91 Å². The Morgan fingerprint density at radius 3 is 2.62 bits per heavy atom. The van der Waals surface area contributed by atoms with Gasteiger partial charge in [-0.1, -0.05) is 57.2 Å². The molecule has 1 aliphatic rings. The number of benzene rings is 2. The van der Waals surface area contributed by atoms with Crippen molar-refractivity contribution in [2.75, 3.05) is 6.54 Å². The van der Waals surface area contributed by atoms with E-state index in [1.54, 1.807) is 4.90 Å². The first-order chi connectivity index (χ1) is 13.8. The van der Waals surface area contributed by atoms with Gasteiger partial charge in [0.25, 0.3) is 5.91 Å². The predicted molar refractivity (Wildman–Crippen MR) is 114 cm³/mol. The van der Waals surface area contributed by atoms with Crippen molar-refractivity contribution < 1.29 is 9.59 Å². The Balaban J connectivity index is 1.56. The highest BCUT2D eigenvalue weighted by Gasteiger charge is 2.40. The highest BCUT2D eigenvalue weighted by atomic mass is 16.2. The van der Waals surface area contributed by atoms with Crippen molar-refractivity contribution in [3.05, 3.63) is 71.4 Å². The van der Waals surface area contributed by atoms with Crippen LogP contribution in [0.4, 0.5) is 0 Å². The zero-order valence-electron chi connectivity index (χ0n) is 17.2. The van der Waals surface area contributed by atoms with Gasteiger partial charge in [-0.05, 0) is 35.1 Å². The summed E-state index contributed by atoms with van der Waals surface area (Å²) in [6.45, 7) is 7.41. The Morgan fingerprint density at radius 1 is 1.10 bits per heavy atom. The predicted octanol–water partition coefficient (Wildman–Crippen LogP) is 4.42. The molecular formula is C24H27N3O2. The van der Waals surface area contributed by atoms with Crippen LogP contribution in [0.3, 0.4) is 0 Å². The van der Waals surface area contributed by atoms with Crippen LogP contribution in [0.2, 0.25) is 0 Å². The molecule has 0 radical (unpaired) electrons. The number of hydrogen-bond donors (Lipinski definition) is 2. The van der Waals surface area contributed by atoms with E-state index in [1.165, 1.54) is 0 Å². The van der Waals surface area contributed by atoms with E-state index in [0.29, 0.717) is 18.7 Å². The van der Waals surface area contributed by atoms with E-state index in [0.717, 1.165) is 28.5 Å². The van der Waals surface area contributed by atoms with Crippen molar-refractivity contribution in [2.24, 2.45) is 5.41 Å². The molecule has 0 aliphatic carbocycles. The summed E-state index contributed by atoms with van der Waals surface area (Å²) in [7, 11) is 0. The molecule has 5 heteroatoms. The van der Waals surface area contributed by atoms with E-state index >= 15 is 0 Å². The highest BCUT2D eigenvalue weighted by Crippen LogP contribution is 2.35. The average molecular weight is 389 g/mol. The molecule has 150 valence electrons. The van der Waals surface area contributed by atoms with Gasteiger partial charge in [0.05, 0.1) is 0 Å². The maximum atomic E-state index is 13.2. The highest BCUT2D eigenvalue weighted by molar-refractivity contribution is 6.04. The van der Waals surface area contributed by atoms with Crippen LogP contribution in [-0.4, -0.2) is 28.2 Å². The fourth-order valence-corrected chi connectivity index (χ4v) is 3.90. The smallest absolute Gasteiger partial charge is 0.255 e. The second kappa shape index (κ2) is 7.39. The van der Waals surface area contributed by atoms with Gasteiger partial charge in [0.15, 0.2) is 0 Å². The molecule has 0 fully saturated rings. The summed E-state index contributed by atoms with van der Waals surface area (Å²) in [5.41, 5.74) is 3.59. The summed E-state index contributed by atoms with van der Waals surface area (Å²) >= 11 is 0. The van der Waals surface area contributed by atoms with Crippen molar-refractivity contribution in [1.82, 2.24) is 15.2 Å². The molecule has 3 aromatic rings. The lowest BCUT2D eigenvalue weighted by Gasteiger charge is -2.28. The molecule has 29 heavy (non-hydrogen) atoms. The summed E-state index contributed by atoms with van der Waals surface area (Å²) in [6, 6.07) is 14.9. The Morgan fingerprint density at radius 2 is 1.83 bits per heavy atom. The number of para-hydroxylation sites is 1. The number of fused-ring (bicyclic) bond motifs is 2.